The minimum absolute atomic E-state index is 0.299. The smallest absolute Gasteiger partial charge is 0.0423 e. The Hall–Kier alpha value is -0.760. The number of nitrogens with one attached hydrogen (secondary N) is 1. The van der Waals surface area contributed by atoms with Crippen LogP contribution in [-0.2, 0) is 0 Å². The molecule has 1 rings (SSSR count). The number of anilines is 1. The third-order valence-electron chi connectivity index (χ3n) is 1.65. The van der Waals surface area contributed by atoms with Crippen LogP contribution in [0, 0.1) is 6.92 Å². The van der Waals surface area contributed by atoms with Crippen molar-refractivity contribution in [1.29, 1.82) is 0 Å². The summed E-state index contributed by atoms with van der Waals surface area (Å²) >= 11 is 5.68. The van der Waals surface area contributed by atoms with Crippen LogP contribution in [0.5, 0.6) is 0 Å². The molecule has 12 heavy (non-hydrogen) atoms. The summed E-state index contributed by atoms with van der Waals surface area (Å²) in [6.07, 6.45) is 3.61. The minimum atomic E-state index is 0.299. The van der Waals surface area contributed by atoms with Crippen LogP contribution in [0.15, 0.2) is 18.5 Å². The van der Waals surface area contributed by atoms with Crippen molar-refractivity contribution in [3.63, 3.8) is 0 Å². The van der Waals surface area contributed by atoms with Gasteiger partial charge >= 0.3 is 0 Å². The number of aryl methyl sites for hydroxylation is 1. The van der Waals surface area contributed by atoms with Gasteiger partial charge in [-0.2, -0.15) is 0 Å². The van der Waals surface area contributed by atoms with Crippen LogP contribution in [0.4, 0.5) is 5.69 Å². The molecule has 1 unspecified atom stereocenters. The molecule has 1 N–H and O–H groups in total. The van der Waals surface area contributed by atoms with Crippen LogP contribution < -0.4 is 5.32 Å². The number of nitrogens with zero attached hydrogens (tertiary/aromatic N) is 1. The van der Waals surface area contributed by atoms with E-state index in [1.54, 1.807) is 6.20 Å². The second kappa shape index (κ2) is 4.31. The van der Waals surface area contributed by atoms with E-state index in [1.807, 2.05) is 26.1 Å². The van der Waals surface area contributed by atoms with Crippen LogP contribution in [0.3, 0.4) is 0 Å². The van der Waals surface area contributed by atoms with E-state index >= 15 is 0 Å². The molecule has 0 spiro atoms. The number of pyridine rings is 1. The van der Waals surface area contributed by atoms with Gasteiger partial charge in [-0.3, -0.25) is 4.98 Å². The summed E-state index contributed by atoms with van der Waals surface area (Å²) in [6, 6.07) is 2.26. The third kappa shape index (κ3) is 2.38. The van der Waals surface area contributed by atoms with E-state index in [2.05, 4.69) is 10.3 Å². The first-order valence-electron chi connectivity index (χ1n) is 3.97. The van der Waals surface area contributed by atoms with E-state index in [-0.39, 0.29) is 0 Å². The zero-order valence-corrected chi connectivity index (χ0v) is 8.10. The molecule has 0 radical (unpaired) electrons. The molecule has 1 heterocycles. The van der Waals surface area contributed by atoms with E-state index in [1.165, 1.54) is 0 Å². The zero-order valence-electron chi connectivity index (χ0n) is 7.34. The number of rotatable bonds is 3. The molecule has 0 saturated heterocycles. The van der Waals surface area contributed by atoms with Crippen molar-refractivity contribution in [2.75, 3.05) is 11.2 Å². The lowest BCUT2D eigenvalue weighted by atomic mass is 10.2. The Morgan fingerprint density at radius 2 is 2.42 bits per heavy atom. The van der Waals surface area contributed by atoms with Crippen molar-refractivity contribution in [3.05, 3.63) is 24.0 Å². The standard InChI is InChI=1S/C9H13ClN2/c1-7-6-11-4-3-9(7)12-8(2)5-10/h3-4,6,8H,5H2,1-2H3,(H,11,12). The fourth-order valence-electron chi connectivity index (χ4n) is 0.939. The van der Waals surface area contributed by atoms with Crippen molar-refractivity contribution in [2.45, 2.75) is 19.9 Å². The van der Waals surface area contributed by atoms with Gasteiger partial charge in [-0.15, -0.1) is 11.6 Å². The summed E-state index contributed by atoms with van der Waals surface area (Å²) in [5, 5.41) is 3.29. The molecule has 1 atom stereocenters. The van der Waals surface area contributed by atoms with Crippen LogP contribution in [0.1, 0.15) is 12.5 Å². The normalized spacial score (nSPS) is 12.6. The number of alkyl halides is 1. The highest BCUT2D eigenvalue weighted by atomic mass is 35.5. The van der Waals surface area contributed by atoms with Crippen LogP contribution in [0.25, 0.3) is 0 Å². The maximum atomic E-state index is 5.68. The van der Waals surface area contributed by atoms with Crippen LogP contribution >= 0.6 is 11.6 Å². The number of halogens is 1. The van der Waals surface area contributed by atoms with Crippen LogP contribution in [0.2, 0.25) is 0 Å². The van der Waals surface area contributed by atoms with Crippen molar-refractivity contribution in [3.8, 4) is 0 Å². The lowest BCUT2D eigenvalue weighted by Gasteiger charge is -2.13. The SMILES string of the molecule is Cc1cnccc1NC(C)CCl. The Morgan fingerprint density at radius 3 is 3.00 bits per heavy atom. The van der Waals surface area contributed by atoms with Gasteiger partial charge < -0.3 is 5.32 Å². The molecule has 0 bridgehead atoms. The van der Waals surface area contributed by atoms with E-state index < -0.39 is 0 Å². The van der Waals surface area contributed by atoms with Crippen molar-refractivity contribution < 1.29 is 0 Å². The first-order valence-corrected chi connectivity index (χ1v) is 4.50. The van der Waals surface area contributed by atoms with Gasteiger partial charge in [0.25, 0.3) is 0 Å². The number of aromatic nitrogens is 1. The van der Waals surface area contributed by atoms with Crippen LogP contribution in [-0.4, -0.2) is 16.9 Å². The molecule has 0 aliphatic heterocycles. The molecule has 3 heteroatoms. The van der Waals surface area contributed by atoms with E-state index in [0.29, 0.717) is 11.9 Å². The molecule has 0 saturated carbocycles. The third-order valence-corrected chi connectivity index (χ3v) is 2.12. The molecule has 66 valence electrons. The zero-order chi connectivity index (χ0) is 8.97. The monoisotopic (exact) mass is 184 g/mol. The summed E-state index contributed by atoms with van der Waals surface area (Å²) in [4.78, 5) is 4.01. The summed E-state index contributed by atoms with van der Waals surface area (Å²) in [5.74, 6) is 0.613. The number of hydrogen-bond acceptors (Lipinski definition) is 2. The summed E-state index contributed by atoms with van der Waals surface area (Å²) in [5.41, 5.74) is 2.26. The Labute approximate surface area is 78.0 Å². The van der Waals surface area contributed by atoms with Crippen molar-refractivity contribution in [1.82, 2.24) is 4.98 Å². The number of hydrogen-bond donors (Lipinski definition) is 1. The largest absolute Gasteiger partial charge is 0.381 e. The van der Waals surface area contributed by atoms with E-state index in [4.69, 9.17) is 11.6 Å². The van der Waals surface area contributed by atoms with Gasteiger partial charge in [0.05, 0.1) is 0 Å². The quantitative estimate of drug-likeness (QED) is 0.730. The Balaban J connectivity index is 2.69. The highest BCUT2D eigenvalue weighted by Crippen LogP contribution is 2.12. The molecule has 0 amide bonds. The Bertz CT molecular complexity index is 250. The highest BCUT2D eigenvalue weighted by Gasteiger charge is 2.01. The first kappa shape index (κ1) is 9.33. The average Bonchev–Trinajstić information content (AvgIpc) is 2.09. The van der Waals surface area contributed by atoms with Gasteiger partial charge in [-0.25, -0.2) is 0 Å². The molecule has 1 aromatic rings. The Kier molecular flexibility index (Phi) is 3.35. The maximum Gasteiger partial charge on any atom is 0.0423 e. The minimum Gasteiger partial charge on any atom is -0.381 e. The topological polar surface area (TPSA) is 24.9 Å². The molecular formula is C9H13ClN2. The predicted octanol–water partition coefficient (Wildman–Crippen LogP) is 2.43. The lowest BCUT2D eigenvalue weighted by molar-refractivity contribution is 0.904. The molecule has 2 nitrogen and oxygen atoms in total. The molecule has 1 aromatic heterocycles. The maximum absolute atomic E-state index is 5.68. The van der Waals surface area contributed by atoms with Gasteiger partial charge in [-0.1, -0.05) is 0 Å². The Morgan fingerprint density at radius 1 is 1.67 bits per heavy atom. The average molecular weight is 185 g/mol. The molecular weight excluding hydrogens is 172 g/mol. The van der Waals surface area contributed by atoms with Gasteiger partial charge in [0.2, 0.25) is 0 Å². The second-order valence-electron chi connectivity index (χ2n) is 2.89. The molecule has 0 fully saturated rings. The van der Waals surface area contributed by atoms with E-state index in [0.717, 1.165) is 11.3 Å². The van der Waals surface area contributed by atoms with Gasteiger partial charge in [-0.05, 0) is 25.5 Å². The molecule has 0 aliphatic carbocycles. The van der Waals surface area contributed by atoms with Gasteiger partial charge in [0.1, 0.15) is 0 Å². The predicted molar refractivity (Wildman–Crippen MR) is 52.8 cm³/mol. The molecule has 0 aromatic carbocycles. The van der Waals surface area contributed by atoms with Gasteiger partial charge in [0.15, 0.2) is 0 Å². The summed E-state index contributed by atoms with van der Waals surface area (Å²) in [7, 11) is 0. The summed E-state index contributed by atoms with van der Waals surface area (Å²) < 4.78 is 0. The first-order chi connectivity index (χ1) is 5.74. The van der Waals surface area contributed by atoms with Crippen molar-refractivity contribution >= 4 is 17.3 Å². The summed E-state index contributed by atoms with van der Waals surface area (Å²) in [6.45, 7) is 4.07. The highest BCUT2D eigenvalue weighted by molar-refractivity contribution is 6.18. The second-order valence-corrected chi connectivity index (χ2v) is 3.20. The van der Waals surface area contributed by atoms with E-state index in [9.17, 15) is 0 Å². The van der Waals surface area contributed by atoms with Gasteiger partial charge in [0, 0.05) is 30.0 Å². The fraction of sp³-hybridized carbons (Fsp3) is 0.444. The fourth-order valence-corrected chi connectivity index (χ4v) is 1.02. The molecule has 0 aliphatic rings. The lowest BCUT2D eigenvalue weighted by Crippen LogP contribution is -2.17. The van der Waals surface area contributed by atoms with Crippen molar-refractivity contribution in [2.24, 2.45) is 0 Å².